The Labute approximate surface area is 398 Å². The summed E-state index contributed by atoms with van der Waals surface area (Å²) in [5.41, 5.74) is 9.34. The lowest BCUT2D eigenvalue weighted by molar-refractivity contribution is 0.0264. The molecule has 14 heteroatoms. The van der Waals surface area contributed by atoms with Crippen LogP contribution in [0.4, 0.5) is 28.4 Å². The normalized spacial score (nSPS) is 16.6. The molecule has 4 aliphatic heterocycles. The number of rotatable bonds is 21. The minimum Gasteiger partial charge on any atom is -0.493 e. The third-order valence-electron chi connectivity index (χ3n) is 13.1. The van der Waals surface area contributed by atoms with Crippen LogP contribution in [-0.4, -0.2) is 111 Å². The van der Waals surface area contributed by atoms with Gasteiger partial charge in [-0.3, -0.25) is 19.5 Å². The lowest BCUT2D eigenvalue weighted by Gasteiger charge is -2.26. The molecule has 2 atom stereocenters. The van der Waals surface area contributed by atoms with Crippen molar-refractivity contribution in [2.75, 3.05) is 101 Å². The largest absolute Gasteiger partial charge is 0.493 e. The quantitative estimate of drug-likeness (QED) is 0.0659. The molecule has 5 aromatic rings. The van der Waals surface area contributed by atoms with E-state index in [9.17, 15) is 9.59 Å². The first kappa shape index (κ1) is 46.5. The van der Waals surface area contributed by atoms with Gasteiger partial charge in [0.05, 0.1) is 81.8 Å². The molecule has 0 aromatic heterocycles. The summed E-state index contributed by atoms with van der Waals surface area (Å²) in [4.78, 5) is 41.5. The average Bonchev–Trinajstić information content (AvgIpc) is 3.86. The number of amides is 2. The number of fused-ring (bicyclic) bond motifs is 8. The number of anilines is 4. The summed E-state index contributed by atoms with van der Waals surface area (Å²) < 4.78 is 41.7. The number of ether oxygens (including phenoxy) is 7. The topological polar surface area (TPSA) is 124 Å². The van der Waals surface area contributed by atoms with Gasteiger partial charge in [0.25, 0.3) is 11.8 Å². The molecule has 356 valence electrons. The SMILES string of the molecule is CCCCN(CCOCCOCCOC)c1cc(COc2cc3c(cc2OC)C(=O)N2c4ccccc4C[C@H]2C=N3)cc(COc2cc3c(cc2OC)C(=O)N2c4ccccc4CC2CN3C)c1. The fourth-order valence-electron chi connectivity index (χ4n) is 9.70. The number of nitrogens with zero attached hydrogens (tertiary/aromatic N) is 5. The van der Waals surface area contributed by atoms with Crippen LogP contribution in [0.25, 0.3) is 0 Å². The van der Waals surface area contributed by atoms with Crippen molar-refractivity contribution < 1.29 is 42.7 Å². The number of para-hydroxylation sites is 2. The van der Waals surface area contributed by atoms with Crippen LogP contribution in [0.5, 0.6) is 23.0 Å². The number of carbonyl (C=O) groups excluding carboxylic acids is 2. The first-order valence-electron chi connectivity index (χ1n) is 23.6. The van der Waals surface area contributed by atoms with Gasteiger partial charge in [0.2, 0.25) is 0 Å². The monoisotopic (exact) mass is 923 g/mol. The van der Waals surface area contributed by atoms with E-state index in [1.165, 1.54) is 5.56 Å². The van der Waals surface area contributed by atoms with Gasteiger partial charge in [-0.2, -0.15) is 0 Å². The zero-order chi connectivity index (χ0) is 47.1. The Morgan fingerprint density at radius 1 is 0.647 bits per heavy atom. The second-order valence-corrected chi connectivity index (χ2v) is 17.6. The Balaban J connectivity index is 0.983. The maximum Gasteiger partial charge on any atom is 0.261 e. The minimum absolute atomic E-state index is 0.0168. The number of likely N-dealkylation sites (N-methyl/N-ethyl adjacent to an activating group) is 1. The van der Waals surface area contributed by atoms with Gasteiger partial charge < -0.3 is 47.9 Å². The average molecular weight is 924 g/mol. The first-order valence-corrected chi connectivity index (χ1v) is 23.6. The second kappa shape index (κ2) is 21.1. The molecule has 4 heterocycles. The highest BCUT2D eigenvalue weighted by Crippen LogP contribution is 2.44. The molecule has 0 aliphatic carbocycles. The predicted molar refractivity (Wildman–Crippen MR) is 265 cm³/mol. The van der Waals surface area contributed by atoms with E-state index in [-0.39, 0.29) is 37.1 Å². The molecular weight excluding hydrogens is 863 g/mol. The molecular formula is C54H61N5O9. The number of unbranched alkanes of at least 4 members (excludes halogenated alkanes) is 1. The predicted octanol–water partition coefficient (Wildman–Crippen LogP) is 8.46. The van der Waals surface area contributed by atoms with E-state index in [1.54, 1.807) is 33.5 Å². The van der Waals surface area contributed by atoms with E-state index < -0.39 is 0 Å². The summed E-state index contributed by atoms with van der Waals surface area (Å²) in [5.74, 6) is 1.75. The Hall–Kier alpha value is -6.61. The highest BCUT2D eigenvalue weighted by molar-refractivity contribution is 6.15. The molecule has 4 aliphatic rings. The van der Waals surface area contributed by atoms with E-state index in [0.717, 1.165) is 65.2 Å². The Kier molecular flexibility index (Phi) is 14.5. The molecule has 0 fully saturated rings. The highest BCUT2D eigenvalue weighted by Gasteiger charge is 2.40. The molecule has 0 radical (unpaired) electrons. The van der Waals surface area contributed by atoms with E-state index in [4.69, 9.17) is 38.2 Å². The molecule has 0 bridgehead atoms. The molecule has 68 heavy (non-hydrogen) atoms. The summed E-state index contributed by atoms with van der Waals surface area (Å²) in [5, 5.41) is 0. The van der Waals surface area contributed by atoms with Crippen LogP contribution >= 0.6 is 0 Å². The molecule has 0 saturated heterocycles. The molecule has 1 unspecified atom stereocenters. The number of carbonyl (C=O) groups is 2. The van der Waals surface area contributed by atoms with Crippen molar-refractivity contribution in [3.8, 4) is 23.0 Å². The molecule has 5 aromatic carbocycles. The van der Waals surface area contributed by atoms with Crippen LogP contribution in [-0.2, 0) is 40.3 Å². The van der Waals surface area contributed by atoms with Crippen molar-refractivity contribution in [2.24, 2.45) is 4.99 Å². The van der Waals surface area contributed by atoms with E-state index in [0.29, 0.717) is 92.4 Å². The lowest BCUT2D eigenvalue weighted by Crippen LogP contribution is -2.41. The summed E-state index contributed by atoms with van der Waals surface area (Å²) in [6, 6.07) is 29.6. The van der Waals surface area contributed by atoms with Gasteiger partial charge in [-0.25, -0.2) is 0 Å². The minimum atomic E-state index is -0.175. The van der Waals surface area contributed by atoms with Crippen molar-refractivity contribution in [1.29, 1.82) is 0 Å². The summed E-state index contributed by atoms with van der Waals surface area (Å²) in [6.45, 7) is 7.32. The van der Waals surface area contributed by atoms with E-state index in [2.05, 4.69) is 47.1 Å². The van der Waals surface area contributed by atoms with Gasteiger partial charge >= 0.3 is 0 Å². The van der Waals surface area contributed by atoms with Gasteiger partial charge in [-0.1, -0.05) is 49.7 Å². The smallest absolute Gasteiger partial charge is 0.261 e. The summed E-state index contributed by atoms with van der Waals surface area (Å²) >= 11 is 0. The van der Waals surface area contributed by atoms with Crippen LogP contribution in [0.2, 0.25) is 0 Å². The summed E-state index contributed by atoms with van der Waals surface area (Å²) in [7, 11) is 6.86. The third kappa shape index (κ3) is 9.71. The van der Waals surface area contributed by atoms with Crippen LogP contribution in [0, 0.1) is 0 Å². The standard InChI is InChI=1S/C54H61N5O9/c1-6-7-16-57(17-18-65-21-22-66-20-19-62-3)40-24-36(34-67-51-30-45-43(28-49(51)63-4)53(60)58-41(32-55-45)26-38-12-8-10-14-46(38)58)23-37(25-40)35-68-52-31-48-44(29-50(52)64-5)54(61)59-42(33-56(48)2)27-39-13-9-11-15-47(39)59/h8-15,23-25,28-32,41-42H,6-7,16-22,26-27,33-35H2,1-5H3/t41-,42?/m0/s1. The number of hydrogen-bond donors (Lipinski definition) is 0. The number of methoxy groups -OCH3 is 3. The van der Waals surface area contributed by atoms with Crippen LogP contribution in [0.1, 0.15) is 62.7 Å². The fraction of sp³-hybridized carbons (Fsp3) is 0.389. The fourth-order valence-corrected chi connectivity index (χ4v) is 9.70. The van der Waals surface area contributed by atoms with E-state index in [1.807, 2.05) is 71.6 Å². The first-order chi connectivity index (χ1) is 33.3. The molecule has 0 saturated carbocycles. The highest BCUT2D eigenvalue weighted by atomic mass is 16.5. The maximum atomic E-state index is 14.3. The van der Waals surface area contributed by atoms with Crippen molar-refractivity contribution in [3.05, 3.63) is 124 Å². The number of aliphatic imine (C=N–C) groups is 1. The molecule has 0 spiro atoms. The van der Waals surface area contributed by atoms with Crippen LogP contribution in [0.15, 0.2) is 96.0 Å². The van der Waals surface area contributed by atoms with Gasteiger partial charge in [0.15, 0.2) is 23.0 Å². The van der Waals surface area contributed by atoms with Crippen molar-refractivity contribution in [3.63, 3.8) is 0 Å². The van der Waals surface area contributed by atoms with E-state index >= 15 is 0 Å². The Bertz CT molecular complexity index is 2650. The third-order valence-corrected chi connectivity index (χ3v) is 13.1. The number of benzene rings is 5. The molecule has 9 rings (SSSR count). The lowest BCUT2D eigenvalue weighted by atomic mass is 10.1. The number of hydrogen-bond acceptors (Lipinski definition) is 12. The molecule has 2 amide bonds. The maximum absolute atomic E-state index is 14.3. The van der Waals surface area contributed by atoms with Crippen molar-refractivity contribution in [1.82, 2.24) is 0 Å². The Morgan fingerprint density at radius 3 is 1.96 bits per heavy atom. The van der Waals surface area contributed by atoms with Crippen LogP contribution < -0.4 is 38.5 Å². The molecule has 0 N–H and O–H groups in total. The molecule has 14 nitrogen and oxygen atoms in total. The van der Waals surface area contributed by atoms with Gasteiger partial charge in [0, 0.05) is 75.6 Å². The van der Waals surface area contributed by atoms with Gasteiger partial charge in [0.1, 0.15) is 13.2 Å². The zero-order valence-electron chi connectivity index (χ0n) is 39.7. The van der Waals surface area contributed by atoms with Gasteiger partial charge in [-0.05, 0) is 77.6 Å². The summed E-state index contributed by atoms with van der Waals surface area (Å²) in [6.07, 6.45) is 5.38. The Morgan fingerprint density at radius 2 is 1.26 bits per heavy atom. The van der Waals surface area contributed by atoms with Gasteiger partial charge in [-0.15, -0.1) is 0 Å². The van der Waals surface area contributed by atoms with Crippen molar-refractivity contribution in [2.45, 2.75) is 57.9 Å². The zero-order valence-corrected chi connectivity index (χ0v) is 39.7. The second-order valence-electron chi connectivity index (χ2n) is 17.6. The van der Waals surface area contributed by atoms with Crippen molar-refractivity contribution >= 4 is 46.5 Å². The van der Waals surface area contributed by atoms with Crippen LogP contribution in [0.3, 0.4) is 0 Å².